The molecule has 0 aliphatic heterocycles. The smallest absolute Gasteiger partial charge is 0.175 e. The summed E-state index contributed by atoms with van der Waals surface area (Å²) < 4.78 is 5.63. The molecule has 18 heavy (non-hydrogen) atoms. The standard InChI is InChI=1S/C13H19ClN2O2/c1-9(2)5-4-8-18-11-7-3-6-10(14)12(11)13(15)16-17/h3,6-7,9,17H,4-5,8H2,1-2H3,(H2,15,16). The molecule has 1 aromatic carbocycles. The molecule has 0 spiro atoms. The van der Waals surface area contributed by atoms with Gasteiger partial charge in [-0.3, -0.25) is 0 Å². The van der Waals surface area contributed by atoms with Gasteiger partial charge in [-0.25, -0.2) is 0 Å². The number of nitrogens with two attached hydrogens (primary N) is 1. The van der Waals surface area contributed by atoms with Gasteiger partial charge in [0, 0.05) is 0 Å². The molecule has 1 aromatic rings. The summed E-state index contributed by atoms with van der Waals surface area (Å²) in [6, 6.07) is 5.21. The average molecular weight is 271 g/mol. The fraction of sp³-hybridized carbons (Fsp3) is 0.462. The molecule has 0 amide bonds. The number of halogens is 1. The van der Waals surface area contributed by atoms with Crippen LogP contribution in [0, 0.1) is 5.92 Å². The zero-order valence-corrected chi connectivity index (χ0v) is 11.4. The molecule has 0 saturated heterocycles. The summed E-state index contributed by atoms with van der Waals surface area (Å²) in [5.74, 6) is 1.15. The van der Waals surface area contributed by atoms with Crippen molar-refractivity contribution >= 4 is 17.4 Å². The highest BCUT2D eigenvalue weighted by Crippen LogP contribution is 2.26. The molecule has 1 rings (SSSR count). The number of amidine groups is 1. The van der Waals surface area contributed by atoms with E-state index in [1.165, 1.54) is 0 Å². The van der Waals surface area contributed by atoms with E-state index in [2.05, 4.69) is 19.0 Å². The Bertz CT molecular complexity index is 419. The minimum atomic E-state index is -0.0422. The summed E-state index contributed by atoms with van der Waals surface area (Å²) >= 11 is 6.01. The monoisotopic (exact) mass is 270 g/mol. The first-order valence-electron chi connectivity index (χ1n) is 5.95. The summed E-state index contributed by atoms with van der Waals surface area (Å²) in [4.78, 5) is 0. The van der Waals surface area contributed by atoms with Crippen LogP contribution < -0.4 is 10.5 Å². The van der Waals surface area contributed by atoms with Gasteiger partial charge < -0.3 is 15.7 Å². The lowest BCUT2D eigenvalue weighted by Gasteiger charge is -2.12. The minimum absolute atomic E-state index is 0.0422. The molecule has 3 N–H and O–H groups in total. The number of ether oxygens (including phenoxy) is 1. The van der Waals surface area contributed by atoms with Crippen LogP contribution in [0.1, 0.15) is 32.3 Å². The predicted molar refractivity (Wildman–Crippen MR) is 73.5 cm³/mol. The predicted octanol–water partition coefficient (Wildman–Crippen LogP) is 3.25. The fourth-order valence-electron chi connectivity index (χ4n) is 1.60. The van der Waals surface area contributed by atoms with Crippen LogP contribution in [-0.4, -0.2) is 17.6 Å². The summed E-state index contributed by atoms with van der Waals surface area (Å²) in [6.45, 7) is 4.92. The van der Waals surface area contributed by atoms with Gasteiger partial charge in [0.2, 0.25) is 0 Å². The first-order valence-corrected chi connectivity index (χ1v) is 6.33. The van der Waals surface area contributed by atoms with Crippen molar-refractivity contribution < 1.29 is 9.94 Å². The van der Waals surface area contributed by atoms with E-state index >= 15 is 0 Å². The average Bonchev–Trinajstić information content (AvgIpc) is 2.33. The number of hydrogen-bond acceptors (Lipinski definition) is 3. The van der Waals surface area contributed by atoms with Gasteiger partial charge in [-0.1, -0.05) is 36.7 Å². The Balaban J connectivity index is 2.73. The molecule has 5 heteroatoms. The Morgan fingerprint density at radius 1 is 1.50 bits per heavy atom. The highest BCUT2D eigenvalue weighted by Gasteiger charge is 2.12. The number of nitrogens with zero attached hydrogens (tertiary/aromatic N) is 1. The largest absolute Gasteiger partial charge is 0.493 e. The Hall–Kier alpha value is -1.42. The lowest BCUT2D eigenvalue weighted by molar-refractivity contribution is 0.296. The van der Waals surface area contributed by atoms with Crippen molar-refractivity contribution in [1.29, 1.82) is 0 Å². The van der Waals surface area contributed by atoms with Crippen LogP contribution in [0.4, 0.5) is 0 Å². The second kappa shape index (κ2) is 7.11. The highest BCUT2D eigenvalue weighted by molar-refractivity contribution is 6.34. The van der Waals surface area contributed by atoms with Crippen LogP contribution in [0.2, 0.25) is 5.02 Å². The zero-order valence-electron chi connectivity index (χ0n) is 10.7. The maximum absolute atomic E-state index is 8.73. The molecule has 0 bridgehead atoms. The first-order chi connectivity index (χ1) is 8.56. The Labute approximate surface area is 112 Å². The molecule has 0 aromatic heterocycles. The number of hydrogen-bond donors (Lipinski definition) is 2. The summed E-state index contributed by atoms with van der Waals surface area (Å²) in [5.41, 5.74) is 6.02. The quantitative estimate of drug-likeness (QED) is 0.274. The van der Waals surface area contributed by atoms with Crippen molar-refractivity contribution in [2.24, 2.45) is 16.8 Å². The van der Waals surface area contributed by atoms with Crippen molar-refractivity contribution in [3.05, 3.63) is 28.8 Å². The van der Waals surface area contributed by atoms with E-state index in [1.54, 1.807) is 18.2 Å². The van der Waals surface area contributed by atoms with Crippen molar-refractivity contribution in [2.45, 2.75) is 26.7 Å². The number of oxime groups is 1. The van der Waals surface area contributed by atoms with Crippen LogP contribution in [0.3, 0.4) is 0 Å². The molecule has 0 radical (unpaired) electrons. The molecular weight excluding hydrogens is 252 g/mol. The van der Waals surface area contributed by atoms with E-state index < -0.39 is 0 Å². The van der Waals surface area contributed by atoms with Gasteiger partial charge in [0.1, 0.15) is 5.75 Å². The third kappa shape index (κ3) is 4.11. The molecule has 0 heterocycles. The second-order valence-corrected chi connectivity index (χ2v) is 4.89. The van der Waals surface area contributed by atoms with E-state index in [4.69, 9.17) is 27.3 Å². The fourth-order valence-corrected chi connectivity index (χ4v) is 1.86. The van der Waals surface area contributed by atoms with Crippen LogP contribution in [0.5, 0.6) is 5.75 Å². The zero-order chi connectivity index (χ0) is 13.5. The molecule has 0 fully saturated rings. The van der Waals surface area contributed by atoms with Crippen LogP contribution in [0.15, 0.2) is 23.4 Å². The van der Waals surface area contributed by atoms with E-state index in [1.807, 2.05) is 0 Å². The first kappa shape index (κ1) is 14.6. The van der Waals surface area contributed by atoms with Gasteiger partial charge in [0.25, 0.3) is 0 Å². The number of rotatable bonds is 6. The molecule has 0 aliphatic rings. The van der Waals surface area contributed by atoms with E-state index in [9.17, 15) is 0 Å². The minimum Gasteiger partial charge on any atom is -0.493 e. The van der Waals surface area contributed by atoms with Crippen LogP contribution in [-0.2, 0) is 0 Å². The Morgan fingerprint density at radius 3 is 2.83 bits per heavy atom. The molecular formula is C13H19ClN2O2. The molecule has 100 valence electrons. The van der Waals surface area contributed by atoms with E-state index in [-0.39, 0.29) is 5.84 Å². The molecule has 0 aliphatic carbocycles. The molecule has 0 atom stereocenters. The van der Waals surface area contributed by atoms with Crippen molar-refractivity contribution in [3.8, 4) is 5.75 Å². The van der Waals surface area contributed by atoms with Crippen molar-refractivity contribution in [1.82, 2.24) is 0 Å². The Morgan fingerprint density at radius 2 is 2.22 bits per heavy atom. The summed E-state index contributed by atoms with van der Waals surface area (Å²) in [6.07, 6.45) is 2.05. The van der Waals surface area contributed by atoms with E-state index in [0.29, 0.717) is 28.9 Å². The van der Waals surface area contributed by atoms with Gasteiger partial charge in [0.15, 0.2) is 5.84 Å². The SMILES string of the molecule is CC(C)CCCOc1cccc(Cl)c1C(N)=NO. The lowest BCUT2D eigenvalue weighted by atomic mass is 10.1. The van der Waals surface area contributed by atoms with Crippen molar-refractivity contribution in [2.75, 3.05) is 6.61 Å². The van der Waals surface area contributed by atoms with Crippen LogP contribution in [0.25, 0.3) is 0 Å². The molecule has 4 nitrogen and oxygen atoms in total. The molecule has 0 unspecified atom stereocenters. The van der Waals surface area contributed by atoms with Gasteiger partial charge in [-0.05, 0) is 30.9 Å². The normalized spacial score (nSPS) is 11.9. The topological polar surface area (TPSA) is 67.8 Å². The van der Waals surface area contributed by atoms with Gasteiger partial charge >= 0.3 is 0 Å². The van der Waals surface area contributed by atoms with Crippen molar-refractivity contribution in [3.63, 3.8) is 0 Å². The maximum atomic E-state index is 8.73. The maximum Gasteiger partial charge on any atom is 0.175 e. The van der Waals surface area contributed by atoms with Crippen LogP contribution >= 0.6 is 11.6 Å². The summed E-state index contributed by atoms with van der Waals surface area (Å²) in [7, 11) is 0. The third-order valence-electron chi connectivity index (χ3n) is 2.52. The lowest BCUT2D eigenvalue weighted by Crippen LogP contribution is -2.16. The van der Waals surface area contributed by atoms with Gasteiger partial charge in [-0.15, -0.1) is 0 Å². The van der Waals surface area contributed by atoms with Gasteiger partial charge in [0.05, 0.1) is 17.2 Å². The summed E-state index contributed by atoms with van der Waals surface area (Å²) in [5, 5.41) is 12.1. The van der Waals surface area contributed by atoms with E-state index in [0.717, 1.165) is 12.8 Å². The molecule has 0 saturated carbocycles. The second-order valence-electron chi connectivity index (χ2n) is 4.48. The highest BCUT2D eigenvalue weighted by atomic mass is 35.5. The van der Waals surface area contributed by atoms with Gasteiger partial charge in [-0.2, -0.15) is 0 Å². The Kier molecular flexibility index (Phi) is 5.78. The number of benzene rings is 1. The third-order valence-corrected chi connectivity index (χ3v) is 2.84.